The highest BCUT2D eigenvalue weighted by Crippen LogP contribution is 2.16. The molecule has 0 saturated carbocycles. The van der Waals surface area contributed by atoms with Gasteiger partial charge in [0.2, 0.25) is 0 Å². The summed E-state index contributed by atoms with van der Waals surface area (Å²) in [5, 5.41) is 0. The standard InChI is InChI=1S/C55H104O5/c1-4-7-10-13-16-19-22-24-26-27-28-29-30-31-34-36-39-42-45-48-54(56)59-52-53(60-55(57)49-46-43-40-37-33-21-18-15-12-9-6-3)51-58-50-47-44-41-38-35-32-25-23-20-17-14-11-8-5-2/h15,18,20,23,53H,4-14,16-17,19,21-22,24-52H2,1-3H3/b18-15-,23-20-. The maximum Gasteiger partial charge on any atom is 0.306 e. The Morgan fingerprint density at radius 3 is 1.08 bits per heavy atom. The van der Waals surface area contributed by atoms with Gasteiger partial charge in [-0.2, -0.15) is 0 Å². The van der Waals surface area contributed by atoms with Crippen LogP contribution in [-0.2, 0) is 23.8 Å². The third-order valence-electron chi connectivity index (χ3n) is 12.0. The number of carbonyl (C=O) groups excluding carboxylic acids is 2. The van der Waals surface area contributed by atoms with Crippen LogP contribution in [0.25, 0.3) is 0 Å². The first kappa shape index (κ1) is 58.4. The number of allylic oxidation sites excluding steroid dienone is 4. The summed E-state index contributed by atoms with van der Waals surface area (Å²) < 4.78 is 17.4. The Kier molecular flexibility index (Phi) is 50.3. The normalized spacial score (nSPS) is 12.2. The van der Waals surface area contributed by atoms with Gasteiger partial charge >= 0.3 is 11.9 Å². The summed E-state index contributed by atoms with van der Waals surface area (Å²) in [6, 6.07) is 0. The Balaban J connectivity index is 4.16. The highest BCUT2D eigenvalue weighted by atomic mass is 16.6. The number of hydrogen-bond acceptors (Lipinski definition) is 5. The predicted octanol–water partition coefficient (Wildman–Crippen LogP) is 18.0. The van der Waals surface area contributed by atoms with Crippen molar-refractivity contribution < 1.29 is 23.8 Å². The third kappa shape index (κ3) is 49.0. The fourth-order valence-electron chi connectivity index (χ4n) is 7.90. The van der Waals surface area contributed by atoms with Crippen molar-refractivity contribution in [2.45, 2.75) is 297 Å². The molecule has 0 aromatic carbocycles. The second-order valence-corrected chi connectivity index (χ2v) is 18.1. The molecule has 354 valence electrons. The Morgan fingerprint density at radius 2 is 0.667 bits per heavy atom. The molecular weight excluding hydrogens is 741 g/mol. The van der Waals surface area contributed by atoms with Crippen molar-refractivity contribution in [2.75, 3.05) is 19.8 Å². The molecule has 0 saturated heterocycles. The van der Waals surface area contributed by atoms with Crippen molar-refractivity contribution in [3.63, 3.8) is 0 Å². The molecule has 0 aliphatic rings. The second-order valence-electron chi connectivity index (χ2n) is 18.1. The zero-order chi connectivity index (χ0) is 43.5. The lowest BCUT2D eigenvalue weighted by molar-refractivity contribution is -0.163. The summed E-state index contributed by atoms with van der Waals surface area (Å²) in [5.41, 5.74) is 0. The Bertz CT molecular complexity index is 913. The Labute approximate surface area is 375 Å². The lowest BCUT2D eigenvalue weighted by Gasteiger charge is -2.18. The van der Waals surface area contributed by atoms with E-state index in [9.17, 15) is 9.59 Å². The van der Waals surface area contributed by atoms with Crippen molar-refractivity contribution in [3.05, 3.63) is 24.3 Å². The molecule has 5 nitrogen and oxygen atoms in total. The molecule has 0 aromatic rings. The largest absolute Gasteiger partial charge is 0.462 e. The van der Waals surface area contributed by atoms with E-state index >= 15 is 0 Å². The summed E-state index contributed by atoms with van der Waals surface area (Å²) in [6.07, 6.45) is 60.5. The van der Waals surface area contributed by atoms with Gasteiger partial charge in [-0.15, -0.1) is 0 Å². The van der Waals surface area contributed by atoms with E-state index in [-0.39, 0.29) is 25.2 Å². The zero-order valence-corrected chi connectivity index (χ0v) is 40.7. The van der Waals surface area contributed by atoms with Crippen LogP contribution in [0.1, 0.15) is 290 Å². The molecule has 0 amide bonds. The minimum absolute atomic E-state index is 0.0860. The molecule has 1 unspecified atom stereocenters. The number of ether oxygens (including phenoxy) is 3. The maximum atomic E-state index is 12.8. The smallest absolute Gasteiger partial charge is 0.306 e. The number of rotatable bonds is 50. The van der Waals surface area contributed by atoms with Gasteiger partial charge in [-0.3, -0.25) is 9.59 Å². The van der Waals surface area contributed by atoms with Gasteiger partial charge in [0.1, 0.15) is 6.61 Å². The van der Waals surface area contributed by atoms with Crippen molar-refractivity contribution in [1.82, 2.24) is 0 Å². The lowest BCUT2D eigenvalue weighted by atomic mass is 10.0. The summed E-state index contributed by atoms with van der Waals surface area (Å²) in [5.74, 6) is -0.394. The van der Waals surface area contributed by atoms with E-state index in [0.29, 0.717) is 19.4 Å². The molecule has 0 bridgehead atoms. The SMILES string of the molecule is CCCC/C=C\CCCCCCCC(=O)OC(COCCCCCCCC/C=C\CCCCCC)COC(=O)CCCCCCCCCCCCCCCCCCCCC. The highest BCUT2D eigenvalue weighted by Gasteiger charge is 2.17. The first-order chi connectivity index (χ1) is 29.6. The predicted molar refractivity (Wildman–Crippen MR) is 261 cm³/mol. The van der Waals surface area contributed by atoms with Crippen LogP contribution in [0.5, 0.6) is 0 Å². The number of hydrogen-bond donors (Lipinski definition) is 0. The molecular formula is C55H104O5. The van der Waals surface area contributed by atoms with Gasteiger partial charge < -0.3 is 14.2 Å². The van der Waals surface area contributed by atoms with Crippen molar-refractivity contribution >= 4 is 11.9 Å². The molecule has 0 fully saturated rings. The van der Waals surface area contributed by atoms with E-state index in [2.05, 4.69) is 45.1 Å². The molecule has 0 rings (SSSR count). The minimum Gasteiger partial charge on any atom is -0.462 e. The molecule has 0 spiro atoms. The summed E-state index contributed by atoms with van der Waals surface area (Å²) in [7, 11) is 0. The molecule has 0 aromatic heterocycles. The van der Waals surface area contributed by atoms with Crippen LogP contribution in [0.4, 0.5) is 0 Å². The quantitative estimate of drug-likeness (QED) is 0.0347. The van der Waals surface area contributed by atoms with Gasteiger partial charge in [-0.05, 0) is 64.2 Å². The number of unbranched alkanes of at least 4 members (excludes halogenated alkanes) is 35. The Hall–Kier alpha value is -1.62. The van der Waals surface area contributed by atoms with E-state index in [0.717, 1.165) is 51.4 Å². The topological polar surface area (TPSA) is 61.8 Å². The van der Waals surface area contributed by atoms with Crippen molar-refractivity contribution in [2.24, 2.45) is 0 Å². The molecule has 0 heterocycles. The number of carbonyl (C=O) groups is 2. The van der Waals surface area contributed by atoms with Crippen LogP contribution in [0, 0.1) is 0 Å². The molecule has 0 aliphatic carbocycles. The summed E-state index contributed by atoms with van der Waals surface area (Å²) in [6.45, 7) is 7.81. The lowest BCUT2D eigenvalue weighted by Crippen LogP contribution is -2.30. The first-order valence-corrected chi connectivity index (χ1v) is 26.9. The van der Waals surface area contributed by atoms with Crippen LogP contribution in [0.15, 0.2) is 24.3 Å². The minimum atomic E-state index is -0.536. The third-order valence-corrected chi connectivity index (χ3v) is 12.0. The summed E-state index contributed by atoms with van der Waals surface area (Å²) >= 11 is 0. The van der Waals surface area contributed by atoms with E-state index in [1.165, 1.54) is 205 Å². The number of esters is 2. The first-order valence-electron chi connectivity index (χ1n) is 26.9. The molecule has 0 radical (unpaired) electrons. The maximum absolute atomic E-state index is 12.8. The average molecular weight is 845 g/mol. The second kappa shape index (κ2) is 51.7. The molecule has 0 aliphatic heterocycles. The molecule has 5 heteroatoms. The average Bonchev–Trinajstić information content (AvgIpc) is 3.25. The van der Waals surface area contributed by atoms with Crippen LogP contribution < -0.4 is 0 Å². The van der Waals surface area contributed by atoms with Gasteiger partial charge in [0, 0.05) is 19.4 Å². The van der Waals surface area contributed by atoms with Crippen LogP contribution in [0.3, 0.4) is 0 Å². The van der Waals surface area contributed by atoms with E-state index in [4.69, 9.17) is 14.2 Å². The molecule has 0 N–H and O–H groups in total. The van der Waals surface area contributed by atoms with Gasteiger partial charge in [-0.1, -0.05) is 238 Å². The van der Waals surface area contributed by atoms with Crippen LogP contribution in [-0.4, -0.2) is 37.9 Å². The molecule has 1 atom stereocenters. The van der Waals surface area contributed by atoms with Gasteiger partial charge in [0.05, 0.1) is 6.61 Å². The Morgan fingerprint density at radius 1 is 0.350 bits per heavy atom. The van der Waals surface area contributed by atoms with Crippen molar-refractivity contribution in [1.29, 1.82) is 0 Å². The van der Waals surface area contributed by atoms with Gasteiger partial charge in [0.25, 0.3) is 0 Å². The highest BCUT2D eigenvalue weighted by molar-refractivity contribution is 5.70. The van der Waals surface area contributed by atoms with Gasteiger partial charge in [-0.25, -0.2) is 0 Å². The van der Waals surface area contributed by atoms with Crippen LogP contribution in [0.2, 0.25) is 0 Å². The molecule has 60 heavy (non-hydrogen) atoms. The van der Waals surface area contributed by atoms with E-state index in [1.807, 2.05) is 0 Å². The zero-order valence-electron chi connectivity index (χ0n) is 40.7. The monoisotopic (exact) mass is 845 g/mol. The summed E-state index contributed by atoms with van der Waals surface area (Å²) in [4.78, 5) is 25.4. The van der Waals surface area contributed by atoms with Crippen molar-refractivity contribution in [3.8, 4) is 0 Å². The van der Waals surface area contributed by atoms with Gasteiger partial charge in [0.15, 0.2) is 6.10 Å². The van der Waals surface area contributed by atoms with Crippen LogP contribution >= 0.6 is 0 Å². The van der Waals surface area contributed by atoms with E-state index in [1.54, 1.807) is 0 Å². The van der Waals surface area contributed by atoms with E-state index < -0.39 is 6.10 Å². The fourth-order valence-corrected chi connectivity index (χ4v) is 7.90. The fraction of sp³-hybridized carbons (Fsp3) is 0.891.